The number of likely N-dealkylation sites (tertiary alicyclic amines) is 1. The number of halogens is 1. The van der Waals surface area contributed by atoms with Crippen molar-refractivity contribution in [1.29, 1.82) is 0 Å². The van der Waals surface area contributed by atoms with Crippen molar-refractivity contribution in [3.05, 3.63) is 89.4 Å². The molecule has 0 unspecified atom stereocenters. The molecular formula is C25H26ClN3O3S. The van der Waals surface area contributed by atoms with Crippen LogP contribution in [0.4, 0.5) is 11.4 Å². The summed E-state index contributed by atoms with van der Waals surface area (Å²) in [6, 6.07) is 22.8. The van der Waals surface area contributed by atoms with Crippen LogP contribution in [0, 0.1) is 5.92 Å². The molecular weight excluding hydrogens is 458 g/mol. The van der Waals surface area contributed by atoms with Crippen molar-refractivity contribution in [2.75, 3.05) is 23.1 Å². The molecule has 0 bridgehead atoms. The highest BCUT2D eigenvalue weighted by Gasteiger charge is 2.25. The van der Waals surface area contributed by atoms with Gasteiger partial charge in [0.2, 0.25) is 5.91 Å². The molecule has 3 aromatic rings. The van der Waals surface area contributed by atoms with Crippen molar-refractivity contribution in [3.8, 4) is 0 Å². The van der Waals surface area contributed by atoms with Gasteiger partial charge in [-0.3, -0.25) is 14.4 Å². The molecule has 2 N–H and O–H groups in total. The van der Waals surface area contributed by atoms with Crippen molar-refractivity contribution in [1.82, 2.24) is 4.90 Å². The standard InChI is InChI=1S/C25H26ClN3O3S/c26-24-9-5-4-6-20(24)18-29-16-14-19(15-17-29)25(30)27-21-10-12-23(13-11-21)33(31,32)28-22-7-2-1-3-8-22/h1-13,19,28H,14-18H2,(H,27,30). The van der Waals surface area contributed by atoms with Gasteiger partial charge in [0.05, 0.1) is 4.90 Å². The van der Waals surface area contributed by atoms with Crippen LogP contribution in [0.15, 0.2) is 83.8 Å². The van der Waals surface area contributed by atoms with Gasteiger partial charge in [-0.1, -0.05) is 48.0 Å². The average molecular weight is 484 g/mol. The highest BCUT2D eigenvalue weighted by atomic mass is 35.5. The van der Waals surface area contributed by atoms with E-state index in [9.17, 15) is 13.2 Å². The molecule has 1 heterocycles. The number of nitrogens with one attached hydrogen (secondary N) is 2. The lowest BCUT2D eigenvalue weighted by Gasteiger charge is -2.31. The number of anilines is 2. The summed E-state index contributed by atoms with van der Waals surface area (Å²) in [5, 5.41) is 3.69. The number of nitrogens with zero attached hydrogens (tertiary/aromatic N) is 1. The molecule has 0 spiro atoms. The largest absolute Gasteiger partial charge is 0.326 e. The number of para-hydroxylation sites is 1. The second-order valence-corrected chi connectivity index (χ2v) is 10.2. The topological polar surface area (TPSA) is 78.5 Å². The number of benzene rings is 3. The summed E-state index contributed by atoms with van der Waals surface area (Å²) in [4.78, 5) is 15.2. The zero-order valence-corrected chi connectivity index (χ0v) is 19.6. The summed E-state index contributed by atoms with van der Waals surface area (Å²) < 4.78 is 27.7. The van der Waals surface area contributed by atoms with E-state index in [1.54, 1.807) is 36.4 Å². The third-order valence-corrected chi connectivity index (χ3v) is 7.53. The normalized spacial score (nSPS) is 15.2. The number of sulfonamides is 1. The van der Waals surface area contributed by atoms with Gasteiger partial charge < -0.3 is 5.32 Å². The van der Waals surface area contributed by atoms with Crippen LogP contribution in [0.25, 0.3) is 0 Å². The summed E-state index contributed by atoms with van der Waals surface area (Å²) in [5.41, 5.74) is 2.17. The van der Waals surface area contributed by atoms with E-state index in [4.69, 9.17) is 11.6 Å². The molecule has 1 aliphatic rings. The van der Waals surface area contributed by atoms with E-state index in [2.05, 4.69) is 14.9 Å². The van der Waals surface area contributed by atoms with Crippen LogP contribution < -0.4 is 10.0 Å². The third-order valence-electron chi connectivity index (χ3n) is 5.77. The Morgan fingerprint density at radius 1 is 0.879 bits per heavy atom. The van der Waals surface area contributed by atoms with Crippen LogP contribution in [-0.2, 0) is 21.4 Å². The first-order valence-electron chi connectivity index (χ1n) is 10.9. The van der Waals surface area contributed by atoms with E-state index >= 15 is 0 Å². The summed E-state index contributed by atoms with van der Waals surface area (Å²) in [5.74, 6) is -0.110. The molecule has 8 heteroatoms. The van der Waals surface area contributed by atoms with Gasteiger partial charge in [0.15, 0.2) is 0 Å². The molecule has 4 rings (SSSR count). The molecule has 33 heavy (non-hydrogen) atoms. The van der Waals surface area contributed by atoms with Crippen LogP contribution in [0.5, 0.6) is 0 Å². The Bertz CT molecular complexity index is 1190. The Morgan fingerprint density at radius 2 is 1.52 bits per heavy atom. The first kappa shape index (κ1) is 23.3. The Morgan fingerprint density at radius 3 is 2.18 bits per heavy atom. The van der Waals surface area contributed by atoms with Gasteiger partial charge >= 0.3 is 0 Å². The Hall–Kier alpha value is -2.87. The lowest BCUT2D eigenvalue weighted by atomic mass is 9.95. The second-order valence-electron chi connectivity index (χ2n) is 8.13. The number of hydrogen-bond donors (Lipinski definition) is 2. The number of rotatable bonds is 7. The maximum absolute atomic E-state index is 12.7. The zero-order valence-electron chi connectivity index (χ0n) is 18.1. The minimum absolute atomic E-state index is 0.0367. The predicted molar refractivity (Wildman–Crippen MR) is 132 cm³/mol. The van der Waals surface area contributed by atoms with Gasteiger partial charge in [-0.15, -0.1) is 0 Å². The van der Waals surface area contributed by atoms with Gasteiger partial charge in [0.25, 0.3) is 10.0 Å². The van der Waals surface area contributed by atoms with E-state index in [0.29, 0.717) is 11.4 Å². The number of carbonyl (C=O) groups excluding carboxylic acids is 1. The Balaban J connectivity index is 1.30. The number of piperidine rings is 1. The molecule has 1 amide bonds. The van der Waals surface area contributed by atoms with E-state index < -0.39 is 10.0 Å². The van der Waals surface area contributed by atoms with Crippen molar-refractivity contribution >= 4 is 38.9 Å². The minimum atomic E-state index is -3.69. The van der Waals surface area contributed by atoms with E-state index in [0.717, 1.165) is 43.1 Å². The lowest BCUT2D eigenvalue weighted by molar-refractivity contribution is -0.121. The fraction of sp³-hybridized carbons (Fsp3) is 0.240. The molecule has 0 saturated carbocycles. The van der Waals surface area contributed by atoms with Crippen LogP contribution >= 0.6 is 11.6 Å². The quantitative estimate of drug-likeness (QED) is 0.496. The van der Waals surface area contributed by atoms with E-state index in [1.807, 2.05) is 30.3 Å². The van der Waals surface area contributed by atoms with Gasteiger partial charge in [-0.2, -0.15) is 0 Å². The summed E-state index contributed by atoms with van der Waals surface area (Å²) in [6.07, 6.45) is 1.54. The molecule has 1 saturated heterocycles. The second kappa shape index (κ2) is 10.4. The summed E-state index contributed by atoms with van der Waals surface area (Å²) >= 11 is 6.26. The molecule has 0 radical (unpaired) electrons. The fourth-order valence-electron chi connectivity index (χ4n) is 3.90. The Kier molecular flexibility index (Phi) is 7.33. The van der Waals surface area contributed by atoms with Gasteiger partial charge in [0, 0.05) is 28.9 Å². The molecule has 1 fully saturated rings. The van der Waals surface area contributed by atoms with Crippen LogP contribution in [0.1, 0.15) is 18.4 Å². The predicted octanol–water partition coefficient (Wildman–Crippen LogP) is 4.99. The minimum Gasteiger partial charge on any atom is -0.326 e. The van der Waals surface area contributed by atoms with Gasteiger partial charge in [0.1, 0.15) is 0 Å². The first-order valence-corrected chi connectivity index (χ1v) is 12.7. The van der Waals surface area contributed by atoms with Crippen molar-refractivity contribution in [2.24, 2.45) is 5.92 Å². The van der Waals surface area contributed by atoms with E-state index in [-0.39, 0.29) is 16.7 Å². The smallest absolute Gasteiger partial charge is 0.261 e. The van der Waals surface area contributed by atoms with Crippen molar-refractivity contribution in [2.45, 2.75) is 24.3 Å². The van der Waals surface area contributed by atoms with E-state index in [1.165, 1.54) is 12.1 Å². The summed E-state index contributed by atoms with van der Waals surface area (Å²) in [6.45, 7) is 2.43. The SMILES string of the molecule is O=C(Nc1ccc(S(=O)(=O)Nc2ccccc2)cc1)C1CCN(Cc2ccccc2Cl)CC1. The molecule has 1 aliphatic heterocycles. The number of amides is 1. The number of hydrogen-bond acceptors (Lipinski definition) is 4. The third kappa shape index (κ3) is 6.13. The van der Waals surface area contributed by atoms with Crippen LogP contribution in [0.2, 0.25) is 5.02 Å². The van der Waals surface area contributed by atoms with Crippen LogP contribution in [-0.4, -0.2) is 32.3 Å². The first-order chi connectivity index (χ1) is 15.9. The van der Waals surface area contributed by atoms with Crippen molar-refractivity contribution in [3.63, 3.8) is 0 Å². The average Bonchev–Trinajstić information content (AvgIpc) is 2.82. The highest BCUT2D eigenvalue weighted by molar-refractivity contribution is 7.92. The zero-order chi connectivity index (χ0) is 23.3. The maximum atomic E-state index is 12.7. The van der Waals surface area contributed by atoms with Gasteiger partial charge in [-0.05, 0) is 74.0 Å². The molecule has 0 atom stereocenters. The number of carbonyl (C=O) groups is 1. The summed E-state index contributed by atoms with van der Waals surface area (Å²) in [7, 11) is -3.69. The highest BCUT2D eigenvalue weighted by Crippen LogP contribution is 2.24. The van der Waals surface area contributed by atoms with Crippen molar-refractivity contribution < 1.29 is 13.2 Å². The molecule has 0 aromatic heterocycles. The molecule has 3 aromatic carbocycles. The molecule has 0 aliphatic carbocycles. The van der Waals surface area contributed by atoms with Crippen LogP contribution in [0.3, 0.4) is 0 Å². The Labute approximate surface area is 199 Å². The fourth-order valence-corrected chi connectivity index (χ4v) is 5.16. The monoisotopic (exact) mass is 483 g/mol. The molecule has 6 nitrogen and oxygen atoms in total. The van der Waals surface area contributed by atoms with Gasteiger partial charge in [-0.25, -0.2) is 8.42 Å². The lowest BCUT2D eigenvalue weighted by Crippen LogP contribution is -2.37. The maximum Gasteiger partial charge on any atom is 0.261 e. The molecule has 172 valence electrons.